The molecule has 1 aliphatic carbocycles. The molecule has 1 fully saturated rings. The monoisotopic (exact) mass is 410 g/mol. The molecule has 10 heteroatoms. The number of amides is 1. The van der Waals surface area contributed by atoms with E-state index in [0.29, 0.717) is 16.7 Å². The van der Waals surface area contributed by atoms with Crippen LogP contribution in [0.25, 0.3) is 0 Å². The predicted molar refractivity (Wildman–Crippen MR) is 93.6 cm³/mol. The maximum Gasteiger partial charge on any atom is 0.490 e. The normalized spacial score (nSPS) is 19.4. The van der Waals surface area contributed by atoms with Gasteiger partial charge in [-0.15, -0.1) is 0 Å². The molecule has 0 unspecified atom stereocenters. The highest BCUT2D eigenvalue weighted by Gasteiger charge is 2.38. The zero-order valence-corrected chi connectivity index (χ0v) is 15.2. The Morgan fingerprint density at radius 1 is 1.19 bits per heavy atom. The number of carbonyl (C=O) groups is 2. The number of carboxylic acids is 1. The summed E-state index contributed by atoms with van der Waals surface area (Å²) < 4.78 is 37.2. The van der Waals surface area contributed by atoms with Crippen LogP contribution in [0.4, 0.5) is 13.2 Å². The van der Waals surface area contributed by atoms with Gasteiger partial charge < -0.3 is 20.9 Å². The molecule has 1 amide bonds. The molecule has 1 aliphatic rings. The van der Waals surface area contributed by atoms with Crippen molar-refractivity contribution in [1.82, 2.24) is 5.32 Å². The van der Waals surface area contributed by atoms with Crippen molar-refractivity contribution in [3.05, 3.63) is 29.3 Å². The van der Waals surface area contributed by atoms with Gasteiger partial charge in [-0.2, -0.15) is 13.2 Å². The van der Waals surface area contributed by atoms with E-state index in [1.54, 1.807) is 24.3 Å². The van der Waals surface area contributed by atoms with Gasteiger partial charge in [0.2, 0.25) is 0 Å². The number of nitrogens with one attached hydrogen (secondary N) is 1. The van der Waals surface area contributed by atoms with Gasteiger partial charge in [-0.3, -0.25) is 4.79 Å². The zero-order valence-electron chi connectivity index (χ0n) is 14.5. The van der Waals surface area contributed by atoms with Crippen molar-refractivity contribution in [3.8, 4) is 5.75 Å². The van der Waals surface area contributed by atoms with E-state index in [4.69, 9.17) is 32.0 Å². The van der Waals surface area contributed by atoms with E-state index in [1.807, 2.05) is 0 Å². The predicted octanol–water partition coefficient (Wildman–Crippen LogP) is 2.99. The first-order valence-corrected chi connectivity index (χ1v) is 8.67. The Morgan fingerprint density at radius 3 is 2.15 bits per heavy atom. The number of ether oxygens (including phenoxy) is 1. The van der Waals surface area contributed by atoms with Crippen LogP contribution >= 0.6 is 11.6 Å². The number of hydrogen-bond acceptors (Lipinski definition) is 4. The lowest BCUT2D eigenvalue weighted by atomic mass is 9.86. The smallest absolute Gasteiger partial charge is 0.484 e. The molecule has 1 aromatic carbocycles. The van der Waals surface area contributed by atoms with Gasteiger partial charge in [-0.1, -0.05) is 11.6 Å². The highest BCUT2D eigenvalue weighted by atomic mass is 35.5. The SMILES string of the molecule is NCC1CCC(NC(=O)COc2ccc(Cl)cc2)CC1.O=C(O)C(F)(F)F. The van der Waals surface area contributed by atoms with Crippen LogP contribution in [0.1, 0.15) is 25.7 Å². The fraction of sp³-hybridized carbons (Fsp3) is 0.529. The summed E-state index contributed by atoms with van der Waals surface area (Å²) in [6.07, 6.45) is -0.873. The first-order valence-electron chi connectivity index (χ1n) is 8.29. The Labute approximate surface area is 159 Å². The standard InChI is InChI=1S/C15H21ClN2O2.C2HF3O2/c16-12-3-7-14(8-4-12)20-10-15(19)18-13-5-1-11(9-17)2-6-13;3-2(4,5)1(6)7/h3-4,7-8,11,13H,1-2,5-6,9-10,17H2,(H,18,19);(H,6,7). The van der Waals surface area contributed by atoms with Crippen molar-refractivity contribution in [2.45, 2.75) is 37.9 Å². The van der Waals surface area contributed by atoms with Crippen molar-refractivity contribution in [2.75, 3.05) is 13.2 Å². The van der Waals surface area contributed by atoms with Crippen LogP contribution in [0.2, 0.25) is 5.02 Å². The first kappa shape index (κ1) is 23.0. The van der Waals surface area contributed by atoms with E-state index in [0.717, 1.165) is 32.2 Å². The molecule has 0 atom stereocenters. The summed E-state index contributed by atoms with van der Waals surface area (Å²) in [5.41, 5.74) is 5.66. The van der Waals surface area contributed by atoms with E-state index >= 15 is 0 Å². The Hall–Kier alpha value is -2.00. The number of alkyl halides is 3. The number of aliphatic carboxylic acids is 1. The molecule has 0 spiro atoms. The van der Waals surface area contributed by atoms with Gasteiger partial charge >= 0.3 is 12.1 Å². The second kappa shape index (κ2) is 11.0. The van der Waals surface area contributed by atoms with E-state index in [-0.39, 0.29) is 18.6 Å². The van der Waals surface area contributed by atoms with Crippen molar-refractivity contribution >= 4 is 23.5 Å². The highest BCUT2D eigenvalue weighted by Crippen LogP contribution is 2.23. The third-order valence-corrected chi connectivity index (χ3v) is 4.22. The number of rotatable bonds is 5. The summed E-state index contributed by atoms with van der Waals surface area (Å²) in [6.45, 7) is 0.790. The molecule has 6 nitrogen and oxygen atoms in total. The fourth-order valence-corrected chi connectivity index (χ4v) is 2.62. The number of carboxylic acid groups (broad SMARTS) is 1. The average molecular weight is 411 g/mol. The van der Waals surface area contributed by atoms with Crippen LogP contribution < -0.4 is 15.8 Å². The molecule has 1 saturated carbocycles. The van der Waals surface area contributed by atoms with E-state index < -0.39 is 12.1 Å². The number of nitrogens with two attached hydrogens (primary N) is 1. The minimum atomic E-state index is -5.08. The molecule has 1 aromatic rings. The van der Waals surface area contributed by atoms with Crippen LogP contribution in [-0.2, 0) is 9.59 Å². The second-order valence-electron chi connectivity index (χ2n) is 6.07. The van der Waals surface area contributed by atoms with Gasteiger partial charge in [-0.05, 0) is 62.4 Å². The molecule has 0 bridgehead atoms. The van der Waals surface area contributed by atoms with Crippen molar-refractivity contribution in [1.29, 1.82) is 0 Å². The van der Waals surface area contributed by atoms with E-state index in [1.165, 1.54) is 0 Å². The summed E-state index contributed by atoms with van der Waals surface area (Å²) in [5, 5.41) is 10.8. The van der Waals surface area contributed by atoms with Crippen molar-refractivity contribution < 1.29 is 32.6 Å². The molecule has 2 rings (SSSR count). The average Bonchev–Trinajstić information content (AvgIpc) is 2.61. The van der Waals surface area contributed by atoms with Gasteiger partial charge in [0.15, 0.2) is 6.61 Å². The molecule has 152 valence electrons. The van der Waals surface area contributed by atoms with Crippen LogP contribution in [0.3, 0.4) is 0 Å². The molecule has 0 aliphatic heterocycles. The minimum absolute atomic E-state index is 0.0401. The largest absolute Gasteiger partial charge is 0.490 e. The topological polar surface area (TPSA) is 102 Å². The van der Waals surface area contributed by atoms with Crippen LogP contribution in [-0.4, -0.2) is 42.4 Å². The maximum atomic E-state index is 11.8. The van der Waals surface area contributed by atoms with Gasteiger partial charge in [0, 0.05) is 11.1 Å². The first-order chi connectivity index (χ1) is 12.6. The molecule has 4 N–H and O–H groups in total. The quantitative estimate of drug-likeness (QED) is 0.692. The third kappa shape index (κ3) is 9.48. The summed E-state index contributed by atoms with van der Waals surface area (Å²) in [5.74, 6) is -1.56. The van der Waals surface area contributed by atoms with Crippen molar-refractivity contribution in [3.63, 3.8) is 0 Å². The molecule has 0 heterocycles. The lowest BCUT2D eigenvalue weighted by Gasteiger charge is -2.28. The van der Waals surface area contributed by atoms with Gasteiger partial charge in [-0.25, -0.2) is 4.79 Å². The van der Waals surface area contributed by atoms with Crippen molar-refractivity contribution in [2.24, 2.45) is 11.7 Å². The van der Waals surface area contributed by atoms with Gasteiger partial charge in [0.25, 0.3) is 5.91 Å². The second-order valence-corrected chi connectivity index (χ2v) is 6.50. The lowest BCUT2D eigenvalue weighted by molar-refractivity contribution is -0.192. The molecular weight excluding hydrogens is 389 g/mol. The van der Waals surface area contributed by atoms with Crippen LogP contribution in [0, 0.1) is 5.92 Å². The third-order valence-electron chi connectivity index (χ3n) is 3.97. The highest BCUT2D eigenvalue weighted by molar-refractivity contribution is 6.30. The van der Waals surface area contributed by atoms with E-state index in [9.17, 15) is 18.0 Å². The summed E-state index contributed by atoms with van der Waals surface area (Å²) in [7, 11) is 0. The lowest BCUT2D eigenvalue weighted by Crippen LogP contribution is -2.40. The molecule has 0 saturated heterocycles. The Morgan fingerprint density at radius 2 is 1.70 bits per heavy atom. The zero-order chi connectivity index (χ0) is 20.4. The summed E-state index contributed by atoms with van der Waals surface area (Å²) in [6, 6.07) is 7.25. The number of halogens is 4. The van der Waals surface area contributed by atoms with Gasteiger partial charge in [0.1, 0.15) is 5.75 Å². The fourth-order valence-electron chi connectivity index (χ4n) is 2.49. The molecule has 27 heavy (non-hydrogen) atoms. The number of hydrogen-bond donors (Lipinski definition) is 3. The maximum absolute atomic E-state index is 11.8. The molecule has 0 aromatic heterocycles. The van der Waals surface area contributed by atoms with E-state index in [2.05, 4.69) is 5.32 Å². The Balaban J connectivity index is 0.000000445. The Kier molecular flexibility index (Phi) is 9.37. The number of carbonyl (C=O) groups excluding carboxylic acids is 1. The van der Waals surface area contributed by atoms with Crippen LogP contribution in [0.5, 0.6) is 5.75 Å². The van der Waals surface area contributed by atoms with Crippen LogP contribution in [0.15, 0.2) is 24.3 Å². The number of benzene rings is 1. The molecule has 0 radical (unpaired) electrons. The van der Waals surface area contributed by atoms with Gasteiger partial charge in [0.05, 0.1) is 0 Å². The minimum Gasteiger partial charge on any atom is -0.484 e. The summed E-state index contributed by atoms with van der Waals surface area (Å²) in [4.78, 5) is 20.7. The summed E-state index contributed by atoms with van der Waals surface area (Å²) >= 11 is 5.78. The molecular formula is C17H22ClF3N2O4. The Bertz CT molecular complexity index is 603.